The number of nitrogens with zero attached hydrogens (tertiary/aromatic N) is 3. The molecule has 2 rings (SSSR count). The summed E-state index contributed by atoms with van der Waals surface area (Å²) in [5, 5.41) is 9.24. The summed E-state index contributed by atoms with van der Waals surface area (Å²) in [4.78, 5) is 10.5. The fourth-order valence-electron chi connectivity index (χ4n) is 1.91. The molecule has 1 fully saturated rings. The molecule has 0 aliphatic carbocycles. The molecule has 0 aromatic carbocycles. The topological polar surface area (TPSA) is 58.5 Å². The predicted molar refractivity (Wildman–Crippen MR) is 65.3 cm³/mol. The molecule has 0 atom stereocenters. The number of piperidine rings is 1. The highest BCUT2D eigenvalue weighted by atomic mass is 35.5. The van der Waals surface area contributed by atoms with Crippen molar-refractivity contribution >= 4 is 17.5 Å². The van der Waals surface area contributed by atoms with Crippen LogP contribution in [0.5, 0.6) is 0 Å². The maximum Gasteiger partial charge on any atom is 0.225 e. The van der Waals surface area contributed by atoms with E-state index in [0.29, 0.717) is 11.6 Å². The zero-order valence-corrected chi connectivity index (χ0v) is 10.3. The summed E-state index contributed by atoms with van der Waals surface area (Å²) in [5.41, 5.74) is 0. The highest BCUT2D eigenvalue weighted by Gasteiger charge is 2.20. The molecule has 0 amide bonds. The van der Waals surface area contributed by atoms with Gasteiger partial charge in [-0.05, 0) is 12.8 Å². The van der Waals surface area contributed by atoms with E-state index in [0.717, 1.165) is 31.9 Å². The first-order chi connectivity index (χ1) is 8.29. The van der Waals surface area contributed by atoms with Crippen molar-refractivity contribution in [1.29, 1.82) is 0 Å². The molecule has 5 nitrogen and oxygen atoms in total. The minimum atomic E-state index is 0.0838. The van der Waals surface area contributed by atoms with Crippen LogP contribution in [-0.4, -0.2) is 47.5 Å². The summed E-state index contributed by atoms with van der Waals surface area (Å²) < 4.78 is 5.50. The fraction of sp³-hybridized carbons (Fsp3) is 0.636. The standard InChI is InChI=1S/C11H16ClN3O2/c12-9-7-13-11(14-8-9)15-3-1-10(2-4-15)17-6-5-16/h7-8,10,16H,1-6H2. The van der Waals surface area contributed by atoms with Gasteiger partial charge >= 0.3 is 0 Å². The molecule has 1 aliphatic heterocycles. The predicted octanol–water partition coefficient (Wildman–Crippen LogP) is 1.11. The molecule has 1 N–H and O–H groups in total. The zero-order valence-electron chi connectivity index (χ0n) is 9.55. The van der Waals surface area contributed by atoms with Crippen LogP contribution in [0.15, 0.2) is 12.4 Å². The van der Waals surface area contributed by atoms with Gasteiger partial charge in [0.15, 0.2) is 0 Å². The van der Waals surface area contributed by atoms with E-state index in [1.807, 2.05) is 0 Å². The molecule has 6 heteroatoms. The van der Waals surface area contributed by atoms with Crippen LogP contribution in [0.1, 0.15) is 12.8 Å². The lowest BCUT2D eigenvalue weighted by Gasteiger charge is -2.31. The SMILES string of the molecule is OCCOC1CCN(c2ncc(Cl)cn2)CC1. The first kappa shape index (κ1) is 12.5. The van der Waals surface area contributed by atoms with Crippen LogP contribution in [0, 0.1) is 0 Å². The van der Waals surface area contributed by atoms with Crippen LogP contribution in [0.25, 0.3) is 0 Å². The van der Waals surface area contributed by atoms with Gasteiger partial charge in [-0.3, -0.25) is 0 Å². The number of rotatable bonds is 4. The maximum atomic E-state index is 8.68. The summed E-state index contributed by atoms with van der Waals surface area (Å²) >= 11 is 5.74. The van der Waals surface area contributed by atoms with Crippen LogP contribution in [0.4, 0.5) is 5.95 Å². The lowest BCUT2D eigenvalue weighted by Crippen LogP contribution is -2.38. The third-order valence-corrected chi connectivity index (χ3v) is 2.97. The second-order valence-electron chi connectivity index (χ2n) is 3.98. The van der Waals surface area contributed by atoms with Crippen LogP contribution in [-0.2, 0) is 4.74 Å². The molecule has 1 aliphatic rings. The van der Waals surface area contributed by atoms with Gasteiger partial charge in [-0.1, -0.05) is 11.6 Å². The number of hydrogen-bond acceptors (Lipinski definition) is 5. The summed E-state index contributed by atoms with van der Waals surface area (Å²) in [6.45, 7) is 2.25. The molecule has 1 saturated heterocycles. The molecule has 17 heavy (non-hydrogen) atoms. The Morgan fingerprint density at radius 1 is 1.35 bits per heavy atom. The van der Waals surface area contributed by atoms with E-state index in [9.17, 15) is 0 Å². The van der Waals surface area contributed by atoms with Crippen molar-refractivity contribution in [2.24, 2.45) is 0 Å². The number of aromatic nitrogens is 2. The average Bonchev–Trinajstić information content (AvgIpc) is 2.38. The van der Waals surface area contributed by atoms with Gasteiger partial charge in [0.05, 0.1) is 36.7 Å². The van der Waals surface area contributed by atoms with Crippen molar-refractivity contribution in [2.45, 2.75) is 18.9 Å². The van der Waals surface area contributed by atoms with Crippen LogP contribution in [0.2, 0.25) is 5.02 Å². The van der Waals surface area contributed by atoms with E-state index in [-0.39, 0.29) is 12.7 Å². The molecule has 1 aromatic rings. The monoisotopic (exact) mass is 257 g/mol. The molecule has 1 aromatic heterocycles. The third-order valence-electron chi connectivity index (χ3n) is 2.78. The quantitative estimate of drug-likeness (QED) is 0.876. The van der Waals surface area contributed by atoms with Gasteiger partial charge in [-0.2, -0.15) is 0 Å². The van der Waals surface area contributed by atoms with E-state index >= 15 is 0 Å². The lowest BCUT2D eigenvalue weighted by atomic mass is 10.1. The van der Waals surface area contributed by atoms with E-state index in [1.165, 1.54) is 0 Å². The average molecular weight is 258 g/mol. The Bertz CT molecular complexity index is 339. The van der Waals surface area contributed by atoms with Crippen molar-refractivity contribution < 1.29 is 9.84 Å². The molecule has 94 valence electrons. The van der Waals surface area contributed by atoms with Crippen molar-refractivity contribution in [1.82, 2.24) is 9.97 Å². The van der Waals surface area contributed by atoms with E-state index in [4.69, 9.17) is 21.4 Å². The van der Waals surface area contributed by atoms with Gasteiger partial charge in [0.1, 0.15) is 0 Å². The molecule has 2 heterocycles. The van der Waals surface area contributed by atoms with Gasteiger partial charge in [0, 0.05) is 13.1 Å². The first-order valence-electron chi connectivity index (χ1n) is 5.74. The Balaban J connectivity index is 1.84. The zero-order chi connectivity index (χ0) is 12.1. The Morgan fingerprint density at radius 3 is 2.59 bits per heavy atom. The summed E-state index contributed by atoms with van der Waals surface area (Å²) in [7, 11) is 0. The number of halogens is 1. The second-order valence-corrected chi connectivity index (χ2v) is 4.42. The van der Waals surface area contributed by atoms with Crippen LogP contribution >= 0.6 is 11.6 Å². The molecule has 0 spiro atoms. The van der Waals surface area contributed by atoms with Gasteiger partial charge in [0.2, 0.25) is 5.95 Å². The minimum absolute atomic E-state index is 0.0838. The fourth-order valence-corrected chi connectivity index (χ4v) is 2.01. The summed E-state index contributed by atoms with van der Waals surface area (Å²) in [5.74, 6) is 0.718. The second kappa shape index (κ2) is 6.14. The van der Waals surface area contributed by atoms with Gasteiger partial charge in [0.25, 0.3) is 0 Å². The highest BCUT2D eigenvalue weighted by Crippen LogP contribution is 2.18. The van der Waals surface area contributed by atoms with Crippen LogP contribution < -0.4 is 4.90 Å². The summed E-state index contributed by atoms with van der Waals surface area (Å²) in [6.07, 6.45) is 5.33. The van der Waals surface area contributed by atoms with Gasteiger partial charge < -0.3 is 14.7 Å². The molecule has 0 saturated carbocycles. The normalized spacial score (nSPS) is 17.4. The van der Waals surface area contributed by atoms with Crippen LogP contribution in [0.3, 0.4) is 0 Å². The number of anilines is 1. The Labute approximate surface area is 105 Å². The number of aliphatic hydroxyl groups excluding tert-OH is 1. The molecular weight excluding hydrogens is 242 g/mol. The molecular formula is C11H16ClN3O2. The van der Waals surface area contributed by atoms with Gasteiger partial charge in [-0.15, -0.1) is 0 Å². The van der Waals surface area contributed by atoms with Crippen molar-refractivity contribution in [3.05, 3.63) is 17.4 Å². The first-order valence-corrected chi connectivity index (χ1v) is 6.12. The van der Waals surface area contributed by atoms with Crippen molar-refractivity contribution in [2.75, 3.05) is 31.2 Å². The third kappa shape index (κ3) is 3.52. The number of ether oxygens (including phenoxy) is 1. The summed E-state index contributed by atoms with van der Waals surface area (Å²) in [6, 6.07) is 0. The number of hydrogen-bond donors (Lipinski definition) is 1. The Morgan fingerprint density at radius 2 is 2.00 bits per heavy atom. The Kier molecular flexibility index (Phi) is 4.53. The van der Waals surface area contributed by atoms with E-state index in [2.05, 4.69) is 14.9 Å². The van der Waals surface area contributed by atoms with E-state index in [1.54, 1.807) is 12.4 Å². The molecule has 0 radical (unpaired) electrons. The largest absolute Gasteiger partial charge is 0.394 e. The van der Waals surface area contributed by atoms with E-state index < -0.39 is 0 Å². The lowest BCUT2D eigenvalue weighted by molar-refractivity contribution is 0.0157. The molecule has 0 unspecified atom stereocenters. The maximum absolute atomic E-state index is 8.68. The van der Waals surface area contributed by atoms with Gasteiger partial charge in [-0.25, -0.2) is 9.97 Å². The highest BCUT2D eigenvalue weighted by molar-refractivity contribution is 6.30. The molecule has 0 bridgehead atoms. The Hall–Kier alpha value is -0.910. The smallest absolute Gasteiger partial charge is 0.225 e. The van der Waals surface area contributed by atoms with Crippen molar-refractivity contribution in [3.8, 4) is 0 Å². The van der Waals surface area contributed by atoms with Crippen molar-refractivity contribution in [3.63, 3.8) is 0 Å². The minimum Gasteiger partial charge on any atom is -0.394 e. The number of aliphatic hydroxyl groups is 1.